The van der Waals surface area contributed by atoms with Crippen LogP contribution in [0.1, 0.15) is 23.7 Å². The van der Waals surface area contributed by atoms with Crippen molar-refractivity contribution in [2.24, 2.45) is 0 Å². The maximum atomic E-state index is 12.6. The normalized spacial score (nSPS) is 26.0. The van der Waals surface area contributed by atoms with Gasteiger partial charge in [0.05, 0.1) is 19.3 Å². The molecule has 28 heavy (non-hydrogen) atoms. The molecule has 2 N–H and O–H groups in total. The Morgan fingerprint density at radius 3 is 2.71 bits per heavy atom. The van der Waals surface area contributed by atoms with Crippen LogP contribution in [0.15, 0.2) is 54.6 Å². The zero-order chi connectivity index (χ0) is 19.1. The topological polar surface area (TPSA) is 63.4 Å². The molecule has 0 saturated carbocycles. The van der Waals surface area contributed by atoms with Gasteiger partial charge >= 0.3 is 5.97 Å². The number of ether oxygens (including phenoxy) is 2. The van der Waals surface area contributed by atoms with Crippen LogP contribution in [0.3, 0.4) is 0 Å². The molecular weight excluding hydrogens is 352 g/mol. The van der Waals surface area contributed by atoms with Gasteiger partial charge in [0, 0.05) is 29.4 Å². The number of esters is 1. The zero-order valence-corrected chi connectivity index (χ0v) is 15.9. The number of para-hydroxylation sites is 1. The molecule has 144 valence electrons. The Morgan fingerprint density at radius 2 is 1.96 bits per heavy atom. The van der Waals surface area contributed by atoms with Crippen molar-refractivity contribution in [2.45, 2.75) is 37.5 Å². The van der Waals surface area contributed by atoms with Crippen LogP contribution in [0, 0.1) is 0 Å². The summed E-state index contributed by atoms with van der Waals surface area (Å²) in [6.07, 6.45) is 1.37. The molecule has 0 amide bonds. The summed E-state index contributed by atoms with van der Waals surface area (Å²) in [4.78, 5) is 16.2. The summed E-state index contributed by atoms with van der Waals surface area (Å²) in [7, 11) is 0. The van der Waals surface area contributed by atoms with Gasteiger partial charge in [0.1, 0.15) is 11.6 Å². The molecule has 3 atom stereocenters. The third-order valence-corrected chi connectivity index (χ3v) is 6.00. The Bertz CT molecular complexity index is 1010. The third-order valence-electron chi connectivity index (χ3n) is 6.00. The molecule has 3 aromatic rings. The lowest BCUT2D eigenvalue weighted by atomic mass is 9.75. The highest BCUT2D eigenvalue weighted by Gasteiger charge is 2.56. The van der Waals surface area contributed by atoms with Gasteiger partial charge in [0.15, 0.2) is 0 Å². The molecular formula is C23H24N2O3. The maximum Gasteiger partial charge on any atom is 0.323 e. The first kappa shape index (κ1) is 17.5. The van der Waals surface area contributed by atoms with E-state index in [9.17, 15) is 4.79 Å². The van der Waals surface area contributed by atoms with E-state index in [2.05, 4.69) is 34.6 Å². The van der Waals surface area contributed by atoms with E-state index in [0.29, 0.717) is 19.6 Å². The molecule has 1 aromatic heterocycles. The molecule has 3 heterocycles. The average Bonchev–Trinajstić information content (AvgIpc) is 3.10. The second-order valence-corrected chi connectivity index (χ2v) is 7.64. The van der Waals surface area contributed by atoms with Gasteiger partial charge < -0.3 is 14.5 Å². The van der Waals surface area contributed by atoms with E-state index in [1.54, 1.807) is 0 Å². The fourth-order valence-electron chi connectivity index (χ4n) is 4.61. The van der Waals surface area contributed by atoms with Crippen LogP contribution in [-0.4, -0.2) is 36.3 Å². The molecule has 5 nitrogen and oxygen atoms in total. The van der Waals surface area contributed by atoms with E-state index in [4.69, 9.17) is 9.47 Å². The van der Waals surface area contributed by atoms with E-state index in [1.807, 2.05) is 37.3 Å². The molecule has 1 saturated heterocycles. The number of rotatable bonds is 4. The summed E-state index contributed by atoms with van der Waals surface area (Å²) in [6.45, 7) is 2.77. The van der Waals surface area contributed by atoms with Crippen LogP contribution in [0.5, 0.6) is 0 Å². The zero-order valence-electron chi connectivity index (χ0n) is 15.9. The second kappa shape index (κ2) is 6.76. The molecule has 0 unspecified atom stereocenters. The lowest BCUT2D eigenvalue weighted by Gasteiger charge is -2.53. The van der Waals surface area contributed by atoms with E-state index in [1.165, 1.54) is 16.5 Å². The van der Waals surface area contributed by atoms with Gasteiger partial charge in [-0.15, -0.1) is 0 Å². The van der Waals surface area contributed by atoms with Crippen molar-refractivity contribution in [3.8, 4) is 0 Å². The Morgan fingerprint density at radius 1 is 1.18 bits per heavy atom. The van der Waals surface area contributed by atoms with Crippen LogP contribution in [0.4, 0.5) is 0 Å². The van der Waals surface area contributed by atoms with Gasteiger partial charge in [-0.1, -0.05) is 48.5 Å². The number of carbonyl (C=O) groups is 1. The number of aromatic amines is 1. The van der Waals surface area contributed by atoms with Crippen molar-refractivity contribution in [3.63, 3.8) is 0 Å². The molecule has 0 bridgehead atoms. The van der Waals surface area contributed by atoms with Crippen LogP contribution >= 0.6 is 0 Å². The minimum Gasteiger partial charge on any atom is -0.465 e. The summed E-state index contributed by atoms with van der Waals surface area (Å²) in [5.41, 5.74) is 4.28. The summed E-state index contributed by atoms with van der Waals surface area (Å²) in [5, 5.41) is 4.79. The van der Waals surface area contributed by atoms with Gasteiger partial charge in [-0.2, -0.15) is 0 Å². The Balaban J connectivity index is 1.57. The predicted octanol–water partition coefficient (Wildman–Crippen LogP) is 3.08. The number of benzene rings is 2. The van der Waals surface area contributed by atoms with Gasteiger partial charge in [0.25, 0.3) is 0 Å². The van der Waals surface area contributed by atoms with Gasteiger partial charge in [-0.05, 0) is 24.1 Å². The molecule has 1 fully saturated rings. The first-order valence-electron chi connectivity index (χ1n) is 9.91. The number of aromatic nitrogens is 1. The van der Waals surface area contributed by atoms with Crippen LogP contribution in [-0.2, 0) is 32.6 Å². The lowest BCUT2D eigenvalue weighted by Crippen LogP contribution is -2.70. The minimum atomic E-state index is -0.403. The molecule has 0 aliphatic carbocycles. The highest BCUT2D eigenvalue weighted by Crippen LogP contribution is 2.44. The smallest absolute Gasteiger partial charge is 0.323 e. The van der Waals surface area contributed by atoms with Gasteiger partial charge in [0.2, 0.25) is 0 Å². The second-order valence-electron chi connectivity index (χ2n) is 7.64. The quantitative estimate of drug-likeness (QED) is 0.687. The van der Waals surface area contributed by atoms with Crippen molar-refractivity contribution >= 4 is 16.9 Å². The number of fused-ring (bicyclic) bond motifs is 4. The summed E-state index contributed by atoms with van der Waals surface area (Å²) in [5.74, 6) is -0.192. The molecule has 2 aliphatic rings. The maximum absolute atomic E-state index is 12.6. The number of nitrogens with one attached hydrogen (secondary N) is 2. The molecule has 1 spiro atoms. The number of H-pyrrole nitrogens is 1. The molecule has 5 rings (SSSR count). The highest BCUT2D eigenvalue weighted by atomic mass is 16.5. The largest absolute Gasteiger partial charge is 0.465 e. The summed E-state index contributed by atoms with van der Waals surface area (Å²) < 4.78 is 11.4. The van der Waals surface area contributed by atoms with Crippen LogP contribution < -0.4 is 5.32 Å². The fraction of sp³-hybridized carbons (Fsp3) is 0.348. The molecule has 2 aromatic carbocycles. The Hall–Kier alpha value is -2.63. The van der Waals surface area contributed by atoms with Crippen molar-refractivity contribution < 1.29 is 14.3 Å². The van der Waals surface area contributed by atoms with E-state index < -0.39 is 5.54 Å². The summed E-state index contributed by atoms with van der Waals surface area (Å²) >= 11 is 0. The highest BCUT2D eigenvalue weighted by molar-refractivity contribution is 5.87. The Labute approximate surface area is 164 Å². The van der Waals surface area contributed by atoms with Gasteiger partial charge in [-0.3, -0.25) is 10.1 Å². The van der Waals surface area contributed by atoms with E-state index in [-0.39, 0.29) is 18.1 Å². The first-order chi connectivity index (χ1) is 13.7. The standard InChI is InChI=1S/C23H24N2O3/c1-2-27-22(26)19-13-17-16-10-6-7-11-18(16)24-21(17)23(25-19)14-28-20(23)12-15-8-4-3-5-9-15/h3-11,19-20,24-25H,2,12-14H2,1H3/t19-,20+,23+/m0/s1. The van der Waals surface area contributed by atoms with Crippen molar-refractivity contribution in [3.05, 3.63) is 71.4 Å². The van der Waals surface area contributed by atoms with Crippen LogP contribution in [0.2, 0.25) is 0 Å². The Kier molecular flexibility index (Phi) is 4.22. The third kappa shape index (κ3) is 2.65. The molecule has 0 radical (unpaired) electrons. The monoisotopic (exact) mass is 376 g/mol. The number of hydrogen-bond donors (Lipinski definition) is 2. The minimum absolute atomic E-state index is 0.0426. The average molecular weight is 376 g/mol. The van der Waals surface area contributed by atoms with E-state index in [0.717, 1.165) is 17.6 Å². The lowest BCUT2D eigenvalue weighted by molar-refractivity contribution is -0.171. The van der Waals surface area contributed by atoms with E-state index >= 15 is 0 Å². The number of hydrogen-bond acceptors (Lipinski definition) is 4. The predicted molar refractivity (Wildman–Crippen MR) is 107 cm³/mol. The SMILES string of the molecule is CCOC(=O)[C@@H]1Cc2c([nH]c3ccccc23)[C@]2(CO[C@@H]2Cc2ccccc2)N1. The fourth-order valence-corrected chi connectivity index (χ4v) is 4.61. The molecule has 5 heteroatoms. The molecule has 2 aliphatic heterocycles. The van der Waals surface area contributed by atoms with Crippen molar-refractivity contribution in [1.82, 2.24) is 10.3 Å². The van der Waals surface area contributed by atoms with Gasteiger partial charge in [-0.25, -0.2) is 0 Å². The van der Waals surface area contributed by atoms with Crippen LogP contribution in [0.25, 0.3) is 10.9 Å². The van der Waals surface area contributed by atoms with Crippen molar-refractivity contribution in [1.29, 1.82) is 0 Å². The number of carbonyl (C=O) groups excluding carboxylic acids is 1. The van der Waals surface area contributed by atoms with Crippen molar-refractivity contribution in [2.75, 3.05) is 13.2 Å². The first-order valence-corrected chi connectivity index (χ1v) is 9.91. The summed E-state index contributed by atoms with van der Waals surface area (Å²) in [6, 6.07) is 18.3.